The lowest BCUT2D eigenvalue weighted by molar-refractivity contribution is 0.0527. The van der Waals surface area contributed by atoms with E-state index >= 15 is 0 Å². The number of carbonyl (C=O) groups excluding carboxylic acids is 1. The van der Waals surface area contributed by atoms with Gasteiger partial charge in [-0.3, -0.25) is 4.98 Å². The molecule has 140 valence electrons. The lowest BCUT2D eigenvalue weighted by Gasteiger charge is -2.17. The van der Waals surface area contributed by atoms with Gasteiger partial charge in [-0.05, 0) is 30.4 Å². The Morgan fingerprint density at radius 2 is 1.82 bits per heavy atom. The number of hydrogen-bond acceptors (Lipinski definition) is 6. The highest BCUT2D eigenvalue weighted by Crippen LogP contribution is 2.38. The van der Waals surface area contributed by atoms with Crippen LogP contribution in [0.5, 0.6) is 0 Å². The third-order valence-electron chi connectivity index (χ3n) is 4.05. The molecule has 6 heteroatoms. The molecule has 0 saturated heterocycles. The second-order valence-corrected chi connectivity index (χ2v) is 7.01. The second kappa shape index (κ2) is 9.16. The molecule has 0 aliphatic heterocycles. The molecular weight excluding hydrogens is 370 g/mol. The van der Waals surface area contributed by atoms with E-state index in [1.165, 1.54) is 11.8 Å². The fraction of sp³-hybridized carbons (Fsp3) is 0.182. The standard InChI is InChI=1S/C22H19N3O2S/c1-3-27-22(26)19-18(15-10-12-24-13-11-15)17(14-23)21(28-4-2)25-20(19)16-8-6-5-7-9-16/h5-13H,3-4H2,1-2H3. The van der Waals surface area contributed by atoms with E-state index in [0.717, 1.165) is 16.9 Å². The van der Waals surface area contributed by atoms with Crippen LogP contribution in [0.2, 0.25) is 0 Å². The molecule has 0 aliphatic rings. The predicted molar refractivity (Wildman–Crippen MR) is 110 cm³/mol. The summed E-state index contributed by atoms with van der Waals surface area (Å²) in [6.07, 6.45) is 3.28. The van der Waals surface area contributed by atoms with Gasteiger partial charge in [-0.25, -0.2) is 9.78 Å². The Balaban J connectivity index is 2.44. The normalized spacial score (nSPS) is 10.3. The van der Waals surface area contributed by atoms with Crippen molar-refractivity contribution in [3.05, 3.63) is 66.0 Å². The number of ether oxygens (including phenoxy) is 1. The number of benzene rings is 1. The molecule has 0 fully saturated rings. The van der Waals surface area contributed by atoms with Gasteiger partial charge in [0.25, 0.3) is 0 Å². The number of pyridine rings is 2. The van der Waals surface area contributed by atoms with Gasteiger partial charge >= 0.3 is 5.97 Å². The van der Waals surface area contributed by atoms with Crippen molar-refractivity contribution in [2.24, 2.45) is 0 Å². The van der Waals surface area contributed by atoms with Crippen LogP contribution in [0.3, 0.4) is 0 Å². The maximum Gasteiger partial charge on any atom is 0.341 e. The molecule has 3 aromatic rings. The molecule has 28 heavy (non-hydrogen) atoms. The van der Waals surface area contributed by atoms with Crippen molar-refractivity contribution < 1.29 is 9.53 Å². The number of nitriles is 1. The summed E-state index contributed by atoms with van der Waals surface area (Å²) < 4.78 is 5.34. The van der Waals surface area contributed by atoms with Crippen LogP contribution in [0, 0.1) is 11.3 Å². The lowest BCUT2D eigenvalue weighted by atomic mass is 9.93. The van der Waals surface area contributed by atoms with Crippen molar-refractivity contribution in [2.45, 2.75) is 18.9 Å². The smallest absolute Gasteiger partial charge is 0.341 e. The van der Waals surface area contributed by atoms with Crippen LogP contribution in [0.25, 0.3) is 22.4 Å². The molecule has 1 aromatic carbocycles. The maximum atomic E-state index is 13.0. The maximum absolute atomic E-state index is 13.0. The summed E-state index contributed by atoms with van der Waals surface area (Å²) in [5.41, 5.74) is 3.25. The third-order valence-corrected chi connectivity index (χ3v) is 4.91. The van der Waals surface area contributed by atoms with Crippen LogP contribution in [0.15, 0.2) is 59.9 Å². The van der Waals surface area contributed by atoms with E-state index in [1.54, 1.807) is 31.5 Å². The van der Waals surface area contributed by atoms with E-state index in [9.17, 15) is 10.1 Å². The highest BCUT2D eigenvalue weighted by molar-refractivity contribution is 7.99. The highest BCUT2D eigenvalue weighted by atomic mass is 32.2. The van der Waals surface area contributed by atoms with Gasteiger partial charge in [0.15, 0.2) is 0 Å². The molecule has 0 bridgehead atoms. The van der Waals surface area contributed by atoms with Gasteiger partial charge in [-0.15, -0.1) is 11.8 Å². The number of rotatable bonds is 6. The molecule has 2 heterocycles. The van der Waals surface area contributed by atoms with Crippen LogP contribution in [0.1, 0.15) is 29.8 Å². The van der Waals surface area contributed by atoms with Crippen LogP contribution >= 0.6 is 11.8 Å². The lowest BCUT2D eigenvalue weighted by Crippen LogP contribution is -2.12. The summed E-state index contributed by atoms with van der Waals surface area (Å²) in [5, 5.41) is 10.5. The number of esters is 1. The Morgan fingerprint density at radius 3 is 2.43 bits per heavy atom. The summed E-state index contributed by atoms with van der Waals surface area (Å²) in [6, 6.07) is 15.3. The zero-order valence-corrected chi connectivity index (χ0v) is 16.5. The van der Waals surface area contributed by atoms with Gasteiger partial charge in [0.2, 0.25) is 0 Å². The number of aromatic nitrogens is 2. The quantitative estimate of drug-likeness (QED) is 0.438. The minimum atomic E-state index is -0.495. The largest absolute Gasteiger partial charge is 0.462 e. The second-order valence-electron chi connectivity index (χ2n) is 5.76. The molecule has 0 radical (unpaired) electrons. The Morgan fingerprint density at radius 1 is 1.11 bits per heavy atom. The van der Waals surface area contributed by atoms with Gasteiger partial charge in [0.1, 0.15) is 11.1 Å². The topological polar surface area (TPSA) is 75.9 Å². The first-order chi connectivity index (χ1) is 13.7. The summed E-state index contributed by atoms with van der Waals surface area (Å²) in [7, 11) is 0. The number of thioether (sulfide) groups is 1. The molecule has 3 rings (SSSR count). The molecule has 0 N–H and O–H groups in total. The van der Waals surface area contributed by atoms with Gasteiger partial charge in [0, 0.05) is 23.5 Å². The first-order valence-electron chi connectivity index (χ1n) is 8.95. The highest BCUT2D eigenvalue weighted by Gasteiger charge is 2.27. The Kier molecular flexibility index (Phi) is 6.41. The van der Waals surface area contributed by atoms with E-state index in [-0.39, 0.29) is 6.61 Å². The van der Waals surface area contributed by atoms with Crippen molar-refractivity contribution in [1.82, 2.24) is 9.97 Å². The van der Waals surface area contributed by atoms with E-state index < -0.39 is 5.97 Å². The Labute approximate surface area is 168 Å². The van der Waals surface area contributed by atoms with Gasteiger partial charge in [0.05, 0.1) is 23.4 Å². The Hall–Kier alpha value is -3.17. The fourth-order valence-corrected chi connectivity index (χ4v) is 3.64. The fourth-order valence-electron chi connectivity index (χ4n) is 2.92. The van der Waals surface area contributed by atoms with Crippen LogP contribution in [-0.4, -0.2) is 28.3 Å². The molecule has 0 saturated carbocycles. The molecule has 0 aliphatic carbocycles. The summed E-state index contributed by atoms with van der Waals surface area (Å²) >= 11 is 1.48. The first kappa shape index (κ1) is 19.6. The number of carbonyl (C=O) groups is 1. The van der Waals surface area contributed by atoms with Crippen molar-refractivity contribution in [1.29, 1.82) is 5.26 Å². The summed E-state index contributed by atoms with van der Waals surface area (Å²) in [5.74, 6) is 0.259. The van der Waals surface area contributed by atoms with Crippen molar-refractivity contribution in [3.8, 4) is 28.5 Å². The van der Waals surface area contributed by atoms with Crippen molar-refractivity contribution >= 4 is 17.7 Å². The van der Waals surface area contributed by atoms with E-state index in [0.29, 0.717) is 27.4 Å². The Bertz CT molecular complexity index is 1020. The molecule has 2 aromatic heterocycles. The van der Waals surface area contributed by atoms with Crippen molar-refractivity contribution in [2.75, 3.05) is 12.4 Å². The molecular formula is C22H19N3O2S. The monoisotopic (exact) mass is 389 g/mol. The number of nitrogens with zero attached hydrogens (tertiary/aromatic N) is 3. The molecule has 5 nitrogen and oxygen atoms in total. The molecule has 0 amide bonds. The van der Waals surface area contributed by atoms with Crippen LogP contribution in [0.4, 0.5) is 0 Å². The SMILES string of the molecule is CCOC(=O)c1c(-c2ccccc2)nc(SCC)c(C#N)c1-c1ccncc1. The minimum absolute atomic E-state index is 0.232. The predicted octanol–water partition coefficient (Wildman–Crippen LogP) is 4.97. The van der Waals surface area contributed by atoms with Crippen molar-refractivity contribution in [3.63, 3.8) is 0 Å². The number of hydrogen-bond donors (Lipinski definition) is 0. The van der Waals surface area contributed by atoms with E-state index in [1.807, 2.05) is 37.3 Å². The van der Waals surface area contributed by atoms with Crippen LogP contribution < -0.4 is 0 Å². The van der Waals surface area contributed by atoms with Gasteiger partial charge in [-0.2, -0.15) is 5.26 Å². The molecule has 0 atom stereocenters. The van der Waals surface area contributed by atoms with Gasteiger partial charge in [-0.1, -0.05) is 37.3 Å². The first-order valence-corrected chi connectivity index (χ1v) is 9.93. The average Bonchev–Trinajstić information content (AvgIpc) is 2.74. The molecule has 0 spiro atoms. The minimum Gasteiger partial charge on any atom is -0.462 e. The average molecular weight is 389 g/mol. The zero-order chi connectivity index (χ0) is 19.9. The van der Waals surface area contributed by atoms with E-state index in [2.05, 4.69) is 11.1 Å². The molecule has 0 unspecified atom stereocenters. The van der Waals surface area contributed by atoms with Crippen LogP contribution in [-0.2, 0) is 4.74 Å². The van der Waals surface area contributed by atoms with E-state index in [4.69, 9.17) is 9.72 Å². The zero-order valence-electron chi connectivity index (χ0n) is 15.7. The third kappa shape index (κ3) is 3.90. The summed E-state index contributed by atoms with van der Waals surface area (Å²) in [4.78, 5) is 21.7. The van der Waals surface area contributed by atoms with Gasteiger partial charge < -0.3 is 4.74 Å². The summed E-state index contributed by atoms with van der Waals surface area (Å²) in [6.45, 7) is 3.99.